The van der Waals surface area contributed by atoms with Crippen LogP contribution >= 0.6 is 15.9 Å². The highest BCUT2D eigenvalue weighted by Gasteiger charge is 2.30. The molecule has 4 rings (SSSR count). The molecule has 1 aromatic heterocycles. The molecule has 0 unspecified atom stereocenters. The summed E-state index contributed by atoms with van der Waals surface area (Å²) in [5.74, 6) is 0.602. The van der Waals surface area contributed by atoms with Gasteiger partial charge in [0.15, 0.2) is 5.82 Å². The Morgan fingerprint density at radius 1 is 1.14 bits per heavy atom. The topological polar surface area (TPSA) is 99.2 Å². The van der Waals surface area contributed by atoms with Crippen molar-refractivity contribution in [1.29, 1.82) is 0 Å². The summed E-state index contributed by atoms with van der Waals surface area (Å²) < 4.78 is 8.10. The molecule has 28 heavy (non-hydrogen) atoms. The molecule has 1 aliphatic rings. The third-order valence-corrected chi connectivity index (χ3v) is 5.15. The lowest BCUT2D eigenvalue weighted by Crippen LogP contribution is -2.40. The van der Waals surface area contributed by atoms with Gasteiger partial charge in [0.05, 0.1) is 29.9 Å². The van der Waals surface area contributed by atoms with Crippen molar-refractivity contribution >= 4 is 21.6 Å². The first-order valence-electron chi connectivity index (χ1n) is 8.74. The summed E-state index contributed by atoms with van der Waals surface area (Å²) in [6, 6.07) is 13.9. The van der Waals surface area contributed by atoms with Crippen LogP contribution in [0.3, 0.4) is 0 Å². The summed E-state index contributed by atoms with van der Waals surface area (Å²) in [4.78, 5) is 13.1. The highest BCUT2D eigenvalue weighted by atomic mass is 79.9. The number of nitrogens with zero attached hydrogens (tertiary/aromatic N) is 6. The Labute approximate surface area is 169 Å². The Balaban J connectivity index is 1.81. The first-order chi connectivity index (χ1) is 13.6. The molecule has 1 fully saturated rings. The number of ether oxygens (including phenoxy) is 1. The number of rotatable bonds is 5. The van der Waals surface area contributed by atoms with Crippen molar-refractivity contribution < 1.29 is 9.66 Å². The SMILES string of the molecule is O=[N+]([O-])c1cccc([C@@H](c2nnnn2-c2ccc(Br)cc2)N2CCOCC2)c1. The van der Waals surface area contributed by atoms with Gasteiger partial charge in [-0.3, -0.25) is 15.0 Å². The van der Waals surface area contributed by atoms with Gasteiger partial charge in [0, 0.05) is 29.7 Å². The molecule has 3 aromatic rings. The maximum atomic E-state index is 11.3. The monoisotopic (exact) mass is 444 g/mol. The fourth-order valence-corrected chi connectivity index (χ4v) is 3.56. The fraction of sp³-hybridized carbons (Fsp3) is 0.278. The molecule has 2 aromatic carbocycles. The third-order valence-electron chi connectivity index (χ3n) is 4.62. The smallest absolute Gasteiger partial charge is 0.269 e. The molecule has 0 N–H and O–H groups in total. The molecule has 0 spiro atoms. The molecule has 0 aliphatic carbocycles. The highest BCUT2D eigenvalue weighted by Crippen LogP contribution is 2.31. The van der Waals surface area contributed by atoms with Crippen molar-refractivity contribution in [2.45, 2.75) is 6.04 Å². The van der Waals surface area contributed by atoms with Gasteiger partial charge in [-0.15, -0.1) is 5.10 Å². The minimum Gasteiger partial charge on any atom is -0.379 e. The molecule has 0 radical (unpaired) electrons. The van der Waals surface area contributed by atoms with Crippen LogP contribution in [0, 0.1) is 10.1 Å². The van der Waals surface area contributed by atoms with E-state index in [4.69, 9.17) is 4.74 Å². The Bertz CT molecular complexity index is 971. The van der Waals surface area contributed by atoms with E-state index in [9.17, 15) is 10.1 Å². The average Bonchev–Trinajstić information content (AvgIpc) is 3.19. The van der Waals surface area contributed by atoms with E-state index in [1.807, 2.05) is 30.3 Å². The van der Waals surface area contributed by atoms with E-state index < -0.39 is 4.92 Å². The molecule has 1 aliphatic heterocycles. The van der Waals surface area contributed by atoms with E-state index in [2.05, 4.69) is 36.4 Å². The quantitative estimate of drug-likeness (QED) is 0.440. The summed E-state index contributed by atoms with van der Waals surface area (Å²) in [5, 5.41) is 23.6. The number of morpholine rings is 1. The molecule has 0 bridgehead atoms. The minimum absolute atomic E-state index is 0.0402. The van der Waals surface area contributed by atoms with Crippen molar-refractivity contribution in [3.8, 4) is 5.69 Å². The van der Waals surface area contributed by atoms with Crippen molar-refractivity contribution in [2.75, 3.05) is 26.3 Å². The molecular weight excluding hydrogens is 428 g/mol. The Morgan fingerprint density at radius 3 is 2.61 bits per heavy atom. The number of benzene rings is 2. The van der Waals surface area contributed by atoms with Gasteiger partial charge in [0.1, 0.15) is 0 Å². The standard InChI is InChI=1S/C18H17BrN6O3/c19-14-4-6-15(7-5-14)24-18(20-21-22-24)17(23-8-10-28-11-9-23)13-2-1-3-16(12-13)25(26)27/h1-7,12,17H,8-11H2/t17-/m0/s1. The lowest BCUT2D eigenvalue weighted by Gasteiger charge is -2.33. The molecule has 144 valence electrons. The van der Waals surface area contributed by atoms with Crippen molar-refractivity contribution in [3.05, 3.63) is 74.5 Å². The zero-order valence-corrected chi connectivity index (χ0v) is 16.4. The molecule has 2 heterocycles. The molecule has 10 heteroatoms. The van der Waals surface area contributed by atoms with Crippen LogP contribution in [0.2, 0.25) is 0 Å². The van der Waals surface area contributed by atoms with Crippen LogP contribution in [-0.2, 0) is 4.74 Å². The van der Waals surface area contributed by atoms with Crippen molar-refractivity contribution in [2.24, 2.45) is 0 Å². The maximum absolute atomic E-state index is 11.3. The summed E-state index contributed by atoms with van der Waals surface area (Å²) >= 11 is 3.43. The highest BCUT2D eigenvalue weighted by molar-refractivity contribution is 9.10. The Hall–Kier alpha value is -2.69. The number of nitro benzene ring substituents is 1. The first kappa shape index (κ1) is 18.7. The van der Waals surface area contributed by atoms with Crippen molar-refractivity contribution in [3.63, 3.8) is 0 Å². The minimum atomic E-state index is -0.391. The summed E-state index contributed by atoms with van der Waals surface area (Å²) in [6.45, 7) is 2.54. The van der Waals surface area contributed by atoms with Gasteiger partial charge in [0.2, 0.25) is 0 Å². The number of tetrazole rings is 1. The lowest BCUT2D eigenvalue weighted by atomic mass is 10.0. The van der Waals surface area contributed by atoms with Gasteiger partial charge in [-0.05, 0) is 40.3 Å². The lowest BCUT2D eigenvalue weighted by molar-refractivity contribution is -0.384. The van der Waals surface area contributed by atoms with E-state index >= 15 is 0 Å². The number of hydrogen-bond donors (Lipinski definition) is 0. The van der Waals surface area contributed by atoms with Gasteiger partial charge in [-0.1, -0.05) is 28.1 Å². The van der Waals surface area contributed by atoms with Crippen LogP contribution in [0.15, 0.2) is 53.0 Å². The number of non-ortho nitro benzene ring substituents is 1. The third kappa shape index (κ3) is 3.79. The predicted octanol–water partition coefficient (Wildman–Crippen LogP) is 2.75. The average molecular weight is 445 g/mol. The van der Waals surface area contributed by atoms with E-state index in [0.717, 1.165) is 15.7 Å². The van der Waals surface area contributed by atoms with E-state index in [-0.39, 0.29) is 11.7 Å². The van der Waals surface area contributed by atoms with Gasteiger partial charge in [-0.25, -0.2) is 0 Å². The molecule has 0 saturated carbocycles. The normalized spacial score (nSPS) is 16.0. The maximum Gasteiger partial charge on any atom is 0.269 e. The summed E-state index contributed by atoms with van der Waals surface area (Å²) in [7, 11) is 0. The van der Waals surface area contributed by atoms with Gasteiger partial charge in [-0.2, -0.15) is 4.68 Å². The number of halogens is 1. The zero-order valence-electron chi connectivity index (χ0n) is 14.8. The van der Waals surface area contributed by atoms with E-state index in [0.29, 0.717) is 32.1 Å². The van der Waals surface area contributed by atoms with Gasteiger partial charge >= 0.3 is 0 Å². The van der Waals surface area contributed by atoms with E-state index in [1.54, 1.807) is 16.8 Å². The first-order valence-corrected chi connectivity index (χ1v) is 9.53. The van der Waals surface area contributed by atoms with Crippen LogP contribution in [0.1, 0.15) is 17.4 Å². The number of hydrogen-bond acceptors (Lipinski definition) is 7. The molecular formula is C18H17BrN6O3. The molecule has 0 amide bonds. The number of nitro groups is 1. The van der Waals surface area contributed by atoms with Crippen LogP contribution in [0.25, 0.3) is 5.69 Å². The second-order valence-corrected chi connectivity index (χ2v) is 7.24. The van der Waals surface area contributed by atoms with Crippen LogP contribution in [0.5, 0.6) is 0 Å². The number of aromatic nitrogens is 4. The summed E-state index contributed by atoms with van der Waals surface area (Å²) in [5.41, 5.74) is 1.62. The second kappa shape index (κ2) is 8.13. The summed E-state index contributed by atoms with van der Waals surface area (Å²) in [6.07, 6.45) is 0. The largest absolute Gasteiger partial charge is 0.379 e. The molecule has 1 atom stereocenters. The van der Waals surface area contributed by atoms with Crippen molar-refractivity contribution in [1.82, 2.24) is 25.1 Å². The Morgan fingerprint density at radius 2 is 1.89 bits per heavy atom. The van der Waals surface area contributed by atoms with Crippen LogP contribution in [0.4, 0.5) is 5.69 Å². The molecule has 1 saturated heterocycles. The van der Waals surface area contributed by atoms with E-state index in [1.165, 1.54) is 6.07 Å². The van der Waals surface area contributed by atoms with Gasteiger partial charge in [0.25, 0.3) is 5.69 Å². The molecule has 9 nitrogen and oxygen atoms in total. The van der Waals surface area contributed by atoms with Crippen LogP contribution < -0.4 is 0 Å². The van der Waals surface area contributed by atoms with Gasteiger partial charge < -0.3 is 4.74 Å². The zero-order chi connectivity index (χ0) is 19.5. The predicted molar refractivity (Wildman–Crippen MR) is 104 cm³/mol. The fourth-order valence-electron chi connectivity index (χ4n) is 3.30. The van der Waals surface area contributed by atoms with Crippen LogP contribution in [-0.4, -0.2) is 56.3 Å². The Kier molecular flexibility index (Phi) is 5.42. The second-order valence-electron chi connectivity index (χ2n) is 6.33.